The summed E-state index contributed by atoms with van der Waals surface area (Å²) < 4.78 is 11.3. The van der Waals surface area contributed by atoms with E-state index in [1.54, 1.807) is 0 Å². The number of benzene rings is 1. The zero-order valence-electron chi connectivity index (χ0n) is 13.2. The number of rotatable bonds is 4. The van der Waals surface area contributed by atoms with Crippen LogP contribution in [0.2, 0.25) is 0 Å². The smallest absolute Gasteiger partial charge is 0.223 e. The summed E-state index contributed by atoms with van der Waals surface area (Å²) in [7, 11) is -0.727. The fourth-order valence-corrected chi connectivity index (χ4v) is 3.66. The van der Waals surface area contributed by atoms with E-state index in [0.29, 0.717) is 36.9 Å². The fourth-order valence-electron chi connectivity index (χ4n) is 2.61. The molecule has 0 spiro atoms. The maximum atomic E-state index is 12.3. The van der Waals surface area contributed by atoms with E-state index in [1.807, 2.05) is 4.90 Å². The van der Waals surface area contributed by atoms with Crippen LogP contribution in [-0.2, 0) is 15.6 Å². The van der Waals surface area contributed by atoms with Crippen molar-refractivity contribution in [2.24, 2.45) is 0 Å². The maximum absolute atomic E-state index is 12.3. The van der Waals surface area contributed by atoms with Gasteiger partial charge in [0.25, 0.3) is 0 Å². The highest BCUT2D eigenvalue weighted by Gasteiger charge is 2.22. The highest BCUT2D eigenvalue weighted by atomic mass is 32.2. The molecule has 2 rings (SSSR count). The van der Waals surface area contributed by atoms with E-state index in [0.717, 1.165) is 0 Å². The molecule has 0 aromatic heterocycles. The number of nitrogens with zero attached hydrogens (tertiary/aromatic N) is 1. The average Bonchev–Trinajstić information content (AvgIpc) is 2.47. The quantitative estimate of drug-likeness (QED) is 0.858. The minimum absolute atomic E-state index is 0.187. The van der Waals surface area contributed by atoms with Crippen molar-refractivity contribution in [1.82, 2.24) is 4.90 Å². The summed E-state index contributed by atoms with van der Waals surface area (Å²) in [6, 6.07) is 8.59. The second-order valence-corrected chi connectivity index (χ2v) is 7.85. The van der Waals surface area contributed by atoms with Crippen molar-refractivity contribution in [2.75, 3.05) is 24.6 Å². The van der Waals surface area contributed by atoms with Crippen LogP contribution in [0.5, 0.6) is 0 Å². The molecule has 3 nitrogen and oxygen atoms in total. The summed E-state index contributed by atoms with van der Waals surface area (Å²) in [5.41, 5.74) is 2.55. The Labute approximate surface area is 130 Å². The molecule has 1 aromatic carbocycles. The highest BCUT2D eigenvalue weighted by molar-refractivity contribution is 7.85. The molecule has 0 unspecified atom stereocenters. The van der Waals surface area contributed by atoms with Gasteiger partial charge in [-0.25, -0.2) is 0 Å². The van der Waals surface area contributed by atoms with Crippen molar-refractivity contribution in [3.63, 3.8) is 0 Å². The molecule has 116 valence electrons. The largest absolute Gasteiger partial charge is 0.341 e. The topological polar surface area (TPSA) is 37.4 Å². The molecule has 1 heterocycles. The lowest BCUT2D eigenvalue weighted by Crippen LogP contribution is -2.42. The van der Waals surface area contributed by atoms with Crippen LogP contribution in [0.3, 0.4) is 0 Å². The van der Waals surface area contributed by atoms with Crippen LogP contribution in [-0.4, -0.2) is 39.6 Å². The van der Waals surface area contributed by atoms with E-state index in [4.69, 9.17) is 0 Å². The van der Waals surface area contributed by atoms with E-state index in [-0.39, 0.29) is 11.8 Å². The van der Waals surface area contributed by atoms with Gasteiger partial charge in [0.2, 0.25) is 5.91 Å². The molecule has 21 heavy (non-hydrogen) atoms. The average molecular weight is 307 g/mol. The number of carbonyl (C=O) groups is 1. The van der Waals surface area contributed by atoms with Gasteiger partial charge >= 0.3 is 0 Å². The Morgan fingerprint density at radius 3 is 2.14 bits per heavy atom. The van der Waals surface area contributed by atoms with Crippen LogP contribution in [0.1, 0.15) is 50.2 Å². The molecular formula is C17H25NO2S. The summed E-state index contributed by atoms with van der Waals surface area (Å²) in [6.07, 6.45) is 0.535. The minimum Gasteiger partial charge on any atom is -0.341 e. The zero-order chi connectivity index (χ0) is 15.4. The second-order valence-electron chi connectivity index (χ2n) is 6.16. The van der Waals surface area contributed by atoms with Gasteiger partial charge in [-0.1, -0.05) is 45.0 Å². The number of amides is 1. The Kier molecular flexibility index (Phi) is 5.57. The van der Waals surface area contributed by atoms with E-state index in [9.17, 15) is 9.00 Å². The normalized spacial score (nSPS) is 18.0. The van der Waals surface area contributed by atoms with Crippen LogP contribution in [0, 0.1) is 0 Å². The Bertz CT molecular complexity index is 500. The standard InChI is InChI=1S/C17H25NO2S/c1-13(2)15-4-6-16(7-5-15)14(3)12-17(19)18-8-10-21(20)11-9-18/h4-7,13-14H,8-12H2,1-3H3/t14-/m0/s1. The molecule has 0 aliphatic carbocycles. The summed E-state index contributed by atoms with van der Waals surface area (Å²) >= 11 is 0. The Hall–Kier alpha value is -1.16. The predicted octanol–water partition coefficient (Wildman–Crippen LogP) is 2.89. The van der Waals surface area contributed by atoms with E-state index < -0.39 is 10.8 Å². The first-order chi connectivity index (χ1) is 9.97. The lowest BCUT2D eigenvalue weighted by molar-refractivity contribution is -0.131. The van der Waals surface area contributed by atoms with Gasteiger partial charge in [-0.05, 0) is 23.0 Å². The number of hydrogen-bond donors (Lipinski definition) is 0. The van der Waals surface area contributed by atoms with Gasteiger partial charge in [0.1, 0.15) is 0 Å². The fraction of sp³-hybridized carbons (Fsp3) is 0.588. The zero-order valence-corrected chi connectivity index (χ0v) is 14.0. The lowest BCUT2D eigenvalue weighted by Gasteiger charge is -2.27. The van der Waals surface area contributed by atoms with Gasteiger partial charge in [0.05, 0.1) is 0 Å². The van der Waals surface area contributed by atoms with Crippen LogP contribution >= 0.6 is 0 Å². The molecular weight excluding hydrogens is 282 g/mol. The molecule has 0 bridgehead atoms. The summed E-state index contributed by atoms with van der Waals surface area (Å²) in [4.78, 5) is 14.2. The second kappa shape index (κ2) is 7.21. The van der Waals surface area contributed by atoms with Crippen molar-refractivity contribution in [3.8, 4) is 0 Å². The molecule has 0 radical (unpaired) electrons. The van der Waals surface area contributed by atoms with Gasteiger partial charge in [-0.2, -0.15) is 0 Å². The first-order valence-electron chi connectivity index (χ1n) is 7.70. The van der Waals surface area contributed by atoms with Crippen molar-refractivity contribution >= 4 is 16.7 Å². The Balaban J connectivity index is 1.92. The van der Waals surface area contributed by atoms with Gasteiger partial charge in [-0.3, -0.25) is 9.00 Å². The van der Waals surface area contributed by atoms with Gasteiger partial charge in [0.15, 0.2) is 0 Å². The Morgan fingerprint density at radius 2 is 1.62 bits per heavy atom. The molecule has 1 aliphatic rings. The number of carbonyl (C=O) groups excluding carboxylic acids is 1. The molecule has 1 saturated heterocycles. The molecule has 0 N–H and O–H groups in total. The summed E-state index contributed by atoms with van der Waals surface area (Å²) in [5.74, 6) is 2.20. The van der Waals surface area contributed by atoms with Crippen LogP contribution in [0.4, 0.5) is 0 Å². The molecule has 4 heteroatoms. The number of hydrogen-bond acceptors (Lipinski definition) is 2. The first-order valence-corrected chi connectivity index (χ1v) is 9.18. The van der Waals surface area contributed by atoms with E-state index in [1.165, 1.54) is 11.1 Å². The van der Waals surface area contributed by atoms with Crippen molar-refractivity contribution < 1.29 is 9.00 Å². The van der Waals surface area contributed by atoms with Gasteiger partial charge in [-0.15, -0.1) is 0 Å². The van der Waals surface area contributed by atoms with Crippen LogP contribution in [0.15, 0.2) is 24.3 Å². The predicted molar refractivity (Wildman–Crippen MR) is 88.0 cm³/mol. The molecule has 1 amide bonds. The van der Waals surface area contributed by atoms with Crippen LogP contribution in [0.25, 0.3) is 0 Å². The van der Waals surface area contributed by atoms with Crippen molar-refractivity contribution in [1.29, 1.82) is 0 Å². The SMILES string of the molecule is CC(C)c1ccc([C@@H](C)CC(=O)N2CCS(=O)CC2)cc1. The molecule has 1 aliphatic heterocycles. The summed E-state index contributed by atoms with van der Waals surface area (Å²) in [5, 5.41) is 0. The Morgan fingerprint density at radius 1 is 1.10 bits per heavy atom. The lowest BCUT2D eigenvalue weighted by atomic mass is 9.94. The third kappa shape index (κ3) is 4.40. The molecule has 1 aromatic rings. The van der Waals surface area contributed by atoms with Crippen molar-refractivity contribution in [2.45, 2.75) is 39.0 Å². The third-order valence-electron chi connectivity index (χ3n) is 4.18. The molecule has 1 atom stereocenters. The first kappa shape index (κ1) is 16.2. The monoisotopic (exact) mass is 307 g/mol. The van der Waals surface area contributed by atoms with Crippen molar-refractivity contribution in [3.05, 3.63) is 35.4 Å². The maximum Gasteiger partial charge on any atom is 0.223 e. The molecule has 0 saturated carbocycles. The minimum atomic E-state index is -0.727. The van der Waals surface area contributed by atoms with Gasteiger partial charge in [0, 0.05) is 41.8 Å². The molecule has 1 fully saturated rings. The van der Waals surface area contributed by atoms with E-state index in [2.05, 4.69) is 45.0 Å². The van der Waals surface area contributed by atoms with Crippen LogP contribution < -0.4 is 0 Å². The highest BCUT2D eigenvalue weighted by Crippen LogP contribution is 2.23. The van der Waals surface area contributed by atoms with Gasteiger partial charge < -0.3 is 4.90 Å². The summed E-state index contributed by atoms with van der Waals surface area (Å²) in [6.45, 7) is 7.75. The van der Waals surface area contributed by atoms with E-state index >= 15 is 0 Å². The third-order valence-corrected chi connectivity index (χ3v) is 5.46.